The van der Waals surface area contributed by atoms with Gasteiger partial charge in [0.1, 0.15) is 17.7 Å². The third kappa shape index (κ3) is 2.64. The molecule has 16 heavy (non-hydrogen) atoms. The molecule has 0 aliphatic carbocycles. The molecule has 4 heteroatoms. The molecule has 1 N–H and O–H groups in total. The summed E-state index contributed by atoms with van der Waals surface area (Å²) >= 11 is 0. The first-order valence-electron chi connectivity index (χ1n) is 5.47. The lowest BCUT2D eigenvalue weighted by atomic mass is 10.2. The van der Waals surface area contributed by atoms with Gasteiger partial charge in [-0.05, 0) is 26.0 Å². The van der Waals surface area contributed by atoms with Gasteiger partial charge in [-0.2, -0.15) is 0 Å². The molecule has 0 saturated heterocycles. The van der Waals surface area contributed by atoms with Crippen LogP contribution in [-0.2, 0) is 4.74 Å². The molecule has 1 aromatic carbocycles. The van der Waals surface area contributed by atoms with Crippen molar-refractivity contribution in [1.29, 1.82) is 0 Å². The first-order valence-corrected chi connectivity index (χ1v) is 5.47. The number of halogens is 1. The van der Waals surface area contributed by atoms with Crippen LogP contribution in [0.2, 0.25) is 0 Å². The van der Waals surface area contributed by atoms with Gasteiger partial charge < -0.3 is 14.8 Å². The van der Waals surface area contributed by atoms with Crippen LogP contribution in [0.4, 0.5) is 10.1 Å². The van der Waals surface area contributed by atoms with E-state index in [-0.39, 0.29) is 18.0 Å². The molecule has 88 valence electrons. The number of ether oxygens (including phenoxy) is 2. The second-order valence-corrected chi connectivity index (χ2v) is 4.14. The molecule has 1 unspecified atom stereocenters. The molecule has 3 nitrogen and oxygen atoms in total. The van der Waals surface area contributed by atoms with Gasteiger partial charge in [0.2, 0.25) is 0 Å². The van der Waals surface area contributed by atoms with Gasteiger partial charge in [0.15, 0.2) is 0 Å². The first kappa shape index (κ1) is 11.2. The molecule has 1 aliphatic heterocycles. The van der Waals surface area contributed by atoms with E-state index in [9.17, 15) is 4.39 Å². The summed E-state index contributed by atoms with van der Waals surface area (Å²) in [4.78, 5) is 0. The highest BCUT2D eigenvalue weighted by atomic mass is 19.1. The van der Waals surface area contributed by atoms with Crippen molar-refractivity contribution in [2.24, 2.45) is 0 Å². The van der Waals surface area contributed by atoms with Gasteiger partial charge in [-0.3, -0.25) is 0 Å². The maximum atomic E-state index is 12.9. The van der Waals surface area contributed by atoms with Crippen LogP contribution in [0.3, 0.4) is 0 Å². The molecule has 1 aliphatic rings. The van der Waals surface area contributed by atoms with Crippen molar-refractivity contribution >= 4 is 5.69 Å². The lowest BCUT2D eigenvalue weighted by Gasteiger charge is -2.27. The molecule has 0 amide bonds. The van der Waals surface area contributed by atoms with Crippen LogP contribution in [0.1, 0.15) is 13.8 Å². The van der Waals surface area contributed by atoms with Crippen molar-refractivity contribution in [2.45, 2.75) is 26.1 Å². The van der Waals surface area contributed by atoms with Crippen LogP contribution in [0, 0.1) is 5.82 Å². The molecule has 0 radical (unpaired) electrons. The first-order chi connectivity index (χ1) is 7.65. The molecule has 1 heterocycles. The Bertz CT molecular complexity index is 368. The molecule has 0 bridgehead atoms. The monoisotopic (exact) mass is 225 g/mol. The number of benzene rings is 1. The second kappa shape index (κ2) is 4.70. The summed E-state index contributed by atoms with van der Waals surface area (Å²) in [6, 6.07) is 4.47. The average molecular weight is 225 g/mol. The van der Waals surface area contributed by atoms with Crippen LogP contribution in [-0.4, -0.2) is 25.4 Å². The van der Waals surface area contributed by atoms with Crippen LogP contribution >= 0.6 is 0 Å². The quantitative estimate of drug-likeness (QED) is 0.857. The summed E-state index contributed by atoms with van der Waals surface area (Å²) in [7, 11) is 0. The van der Waals surface area contributed by atoms with Gasteiger partial charge in [0.25, 0.3) is 0 Å². The predicted molar refractivity (Wildman–Crippen MR) is 60.4 cm³/mol. The number of nitrogens with one attached hydrogen (secondary N) is 1. The Morgan fingerprint density at radius 3 is 3.12 bits per heavy atom. The summed E-state index contributed by atoms with van der Waals surface area (Å²) in [6.07, 6.45) is 0.179. The molecule has 0 aromatic heterocycles. The van der Waals surface area contributed by atoms with Gasteiger partial charge in [-0.1, -0.05) is 0 Å². The van der Waals surface area contributed by atoms with Crippen LogP contribution in [0.15, 0.2) is 18.2 Å². The van der Waals surface area contributed by atoms with Crippen molar-refractivity contribution in [3.63, 3.8) is 0 Å². The molecule has 2 rings (SSSR count). The zero-order valence-electron chi connectivity index (χ0n) is 9.50. The van der Waals surface area contributed by atoms with Gasteiger partial charge in [-0.25, -0.2) is 4.39 Å². The fraction of sp³-hybridized carbons (Fsp3) is 0.500. The highest BCUT2D eigenvalue weighted by Crippen LogP contribution is 2.29. The van der Waals surface area contributed by atoms with E-state index in [1.807, 2.05) is 13.8 Å². The van der Waals surface area contributed by atoms with Crippen molar-refractivity contribution in [2.75, 3.05) is 18.5 Å². The minimum atomic E-state index is -0.258. The number of rotatable bonds is 3. The topological polar surface area (TPSA) is 30.5 Å². The Balaban J connectivity index is 1.98. The average Bonchev–Trinajstić information content (AvgIpc) is 2.26. The fourth-order valence-electron chi connectivity index (χ4n) is 1.58. The van der Waals surface area contributed by atoms with Crippen LogP contribution < -0.4 is 10.1 Å². The van der Waals surface area contributed by atoms with E-state index in [0.717, 1.165) is 0 Å². The molecule has 1 atom stereocenters. The predicted octanol–water partition coefficient (Wildman–Crippen LogP) is 2.42. The summed E-state index contributed by atoms with van der Waals surface area (Å²) in [5, 5.41) is 3.13. The van der Waals surface area contributed by atoms with Gasteiger partial charge in [0.05, 0.1) is 24.9 Å². The van der Waals surface area contributed by atoms with E-state index in [4.69, 9.17) is 9.47 Å². The van der Waals surface area contributed by atoms with E-state index in [2.05, 4.69) is 5.32 Å². The van der Waals surface area contributed by atoms with E-state index in [1.165, 1.54) is 12.1 Å². The normalized spacial score (nSPS) is 18.9. The van der Waals surface area contributed by atoms with E-state index in [0.29, 0.717) is 24.6 Å². The molecular formula is C12H16FNO2. The maximum Gasteiger partial charge on any atom is 0.143 e. The van der Waals surface area contributed by atoms with Gasteiger partial charge in [-0.15, -0.1) is 0 Å². The summed E-state index contributed by atoms with van der Waals surface area (Å²) < 4.78 is 24.1. The Morgan fingerprint density at radius 2 is 2.38 bits per heavy atom. The summed E-state index contributed by atoms with van der Waals surface area (Å²) in [6.45, 7) is 5.16. The largest absolute Gasteiger partial charge is 0.484 e. The molecule has 1 aromatic rings. The lowest BCUT2D eigenvalue weighted by molar-refractivity contribution is 0.0190. The third-order valence-electron chi connectivity index (χ3n) is 2.37. The summed E-state index contributed by atoms with van der Waals surface area (Å²) in [5.41, 5.74) is 0.709. The highest BCUT2D eigenvalue weighted by Gasteiger charge is 2.19. The fourth-order valence-corrected chi connectivity index (χ4v) is 1.58. The highest BCUT2D eigenvalue weighted by molar-refractivity contribution is 5.58. The number of anilines is 1. The molecule has 0 spiro atoms. The smallest absolute Gasteiger partial charge is 0.143 e. The minimum absolute atomic E-state index is 0.0136. The van der Waals surface area contributed by atoms with Crippen molar-refractivity contribution in [3.8, 4) is 5.75 Å². The number of hydrogen-bond donors (Lipinski definition) is 1. The molecule has 0 fully saturated rings. The van der Waals surface area contributed by atoms with Crippen LogP contribution in [0.5, 0.6) is 5.75 Å². The van der Waals surface area contributed by atoms with Crippen molar-refractivity contribution in [1.82, 2.24) is 0 Å². The number of fused-ring (bicyclic) bond motifs is 1. The van der Waals surface area contributed by atoms with Crippen LogP contribution in [0.25, 0.3) is 0 Å². The van der Waals surface area contributed by atoms with Crippen molar-refractivity contribution < 1.29 is 13.9 Å². The Labute approximate surface area is 94.6 Å². The SMILES string of the molecule is CC(C)OCC1CNc2cc(F)ccc2O1. The van der Waals surface area contributed by atoms with E-state index < -0.39 is 0 Å². The zero-order valence-corrected chi connectivity index (χ0v) is 9.50. The van der Waals surface area contributed by atoms with E-state index in [1.54, 1.807) is 6.07 Å². The Kier molecular flexibility index (Phi) is 3.29. The number of hydrogen-bond acceptors (Lipinski definition) is 3. The lowest BCUT2D eigenvalue weighted by Crippen LogP contribution is -2.35. The Hall–Kier alpha value is -1.29. The Morgan fingerprint density at radius 1 is 1.56 bits per heavy atom. The van der Waals surface area contributed by atoms with E-state index >= 15 is 0 Å². The van der Waals surface area contributed by atoms with Gasteiger partial charge in [0, 0.05) is 6.07 Å². The summed E-state index contributed by atoms with van der Waals surface area (Å²) in [5.74, 6) is 0.428. The van der Waals surface area contributed by atoms with Gasteiger partial charge >= 0.3 is 0 Å². The molecule has 0 saturated carbocycles. The second-order valence-electron chi connectivity index (χ2n) is 4.14. The van der Waals surface area contributed by atoms with Crippen molar-refractivity contribution in [3.05, 3.63) is 24.0 Å². The standard InChI is InChI=1S/C12H16FNO2/c1-8(2)15-7-10-6-14-11-5-9(13)3-4-12(11)16-10/h3-5,8,10,14H,6-7H2,1-2H3. The zero-order chi connectivity index (χ0) is 11.5. The third-order valence-corrected chi connectivity index (χ3v) is 2.37. The maximum absolute atomic E-state index is 12.9. The minimum Gasteiger partial charge on any atom is -0.484 e. The molecular weight excluding hydrogens is 209 g/mol.